The van der Waals surface area contributed by atoms with E-state index in [0.29, 0.717) is 5.65 Å². The van der Waals surface area contributed by atoms with Crippen molar-refractivity contribution in [2.45, 2.75) is 32.7 Å². The molecule has 2 aromatic rings. The average molecular weight is 262 g/mol. The van der Waals surface area contributed by atoms with Gasteiger partial charge in [0.25, 0.3) is 0 Å². The number of nitrogens with zero attached hydrogens (tertiary/aromatic N) is 6. The van der Waals surface area contributed by atoms with Gasteiger partial charge in [0.2, 0.25) is 5.65 Å². The Balaban J connectivity index is 2.04. The number of anilines is 1. The van der Waals surface area contributed by atoms with Gasteiger partial charge in [0.05, 0.1) is 18.8 Å². The third-order valence-corrected chi connectivity index (χ3v) is 3.77. The summed E-state index contributed by atoms with van der Waals surface area (Å²) < 4.78 is 1.61. The molecule has 3 heterocycles. The lowest BCUT2D eigenvalue weighted by Gasteiger charge is -2.43. The number of piperidine rings is 1. The van der Waals surface area contributed by atoms with E-state index in [1.54, 1.807) is 16.9 Å². The minimum absolute atomic E-state index is 0.0865. The molecule has 3 rings (SSSR count). The summed E-state index contributed by atoms with van der Waals surface area (Å²) in [5.74, 6) is 0.749. The van der Waals surface area contributed by atoms with Crippen LogP contribution in [0, 0.1) is 5.41 Å². The first kappa shape index (κ1) is 12.3. The molecule has 7 nitrogen and oxygen atoms in total. The van der Waals surface area contributed by atoms with Crippen molar-refractivity contribution in [1.29, 1.82) is 0 Å². The second-order valence-corrected chi connectivity index (χ2v) is 5.87. The summed E-state index contributed by atoms with van der Waals surface area (Å²) in [7, 11) is 0. The first-order valence-electron chi connectivity index (χ1n) is 6.51. The minimum atomic E-state index is 0.0865. The van der Waals surface area contributed by atoms with E-state index < -0.39 is 0 Å². The van der Waals surface area contributed by atoms with Crippen molar-refractivity contribution >= 4 is 11.5 Å². The van der Waals surface area contributed by atoms with Gasteiger partial charge in [0.15, 0.2) is 5.82 Å². The maximum atomic E-state index is 9.59. The van der Waals surface area contributed by atoms with E-state index in [-0.39, 0.29) is 18.1 Å². The topological polar surface area (TPSA) is 79.4 Å². The van der Waals surface area contributed by atoms with E-state index in [9.17, 15) is 5.11 Å². The van der Waals surface area contributed by atoms with Crippen LogP contribution >= 0.6 is 0 Å². The zero-order valence-corrected chi connectivity index (χ0v) is 11.2. The predicted octanol–water partition coefficient (Wildman–Crippen LogP) is 0.507. The Morgan fingerprint density at radius 2 is 2.32 bits per heavy atom. The lowest BCUT2D eigenvalue weighted by atomic mass is 9.81. The number of hydrogen-bond acceptors (Lipinski definition) is 6. The normalized spacial score (nSPS) is 22.9. The molecule has 1 aliphatic heterocycles. The lowest BCUT2D eigenvalue weighted by Crippen LogP contribution is -2.49. The van der Waals surface area contributed by atoms with Crippen LogP contribution in [0.4, 0.5) is 5.82 Å². The highest BCUT2D eigenvalue weighted by atomic mass is 16.3. The largest absolute Gasteiger partial charge is 0.394 e. The summed E-state index contributed by atoms with van der Waals surface area (Å²) in [6.07, 6.45) is 5.47. The van der Waals surface area contributed by atoms with Crippen LogP contribution in [0.25, 0.3) is 5.65 Å². The van der Waals surface area contributed by atoms with E-state index in [2.05, 4.69) is 39.3 Å². The molecule has 0 saturated carbocycles. The standard InChI is InChI=1S/C12H18N6O/c1-12(2)4-3-9(7-19)17(8-12)10-11-14-15-16-18(11)6-5-13-10/h5-6,9,19H,3-4,7-8H2,1-2H3/t9-/m1/s1. The molecule has 0 spiro atoms. The number of hydrogen-bond donors (Lipinski definition) is 1. The van der Waals surface area contributed by atoms with E-state index in [0.717, 1.165) is 25.2 Å². The molecule has 7 heteroatoms. The molecule has 0 amide bonds. The molecule has 19 heavy (non-hydrogen) atoms. The fraction of sp³-hybridized carbons (Fsp3) is 0.667. The molecule has 1 aliphatic rings. The first-order chi connectivity index (χ1) is 9.11. The van der Waals surface area contributed by atoms with Crippen LogP contribution in [0.1, 0.15) is 26.7 Å². The molecule has 0 unspecified atom stereocenters. The summed E-state index contributed by atoms with van der Waals surface area (Å²) >= 11 is 0. The number of tetrazole rings is 1. The molecule has 102 valence electrons. The highest BCUT2D eigenvalue weighted by molar-refractivity contribution is 5.63. The SMILES string of the molecule is CC1(C)CC[C@H](CO)N(c2nccn3nnnc23)C1. The Morgan fingerprint density at radius 1 is 1.47 bits per heavy atom. The van der Waals surface area contributed by atoms with Crippen molar-refractivity contribution in [3.05, 3.63) is 12.4 Å². The molecule has 0 aliphatic carbocycles. The molecule has 1 atom stereocenters. The third-order valence-electron chi connectivity index (χ3n) is 3.77. The maximum Gasteiger partial charge on any atom is 0.222 e. The molecule has 0 aromatic carbocycles. The van der Waals surface area contributed by atoms with Crippen molar-refractivity contribution < 1.29 is 5.11 Å². The highest BCUT2D eigenvalue weighted by Crippen LogP contribution is 2.34. The molecular formula is C12H18N6O. The second kappa shape index (κ2) is 4.41. The van der Waals surface area contributed by atoms with Crippen LogP contribution in [0.15, 0.2) is 12.4 Å². The molecule has 0 radical (unpaired) electrons. The van der Waals surface area contributed by atoms with E-state index in [1.807, 2.05) is 0 Å². The minimum Gasteiger partial charge on any atom is -0.394 e. The lowest BCUT2D eigenvalue weighted by molar-refractivity contribution is 0.189. The Labute approximate surface area is 111 Å². The van der Waals surface area contributed by atoms with E-state index >= 15 is 0 Å². The van der Waals surface area contributed by atoms with Crippen LogP contribution in [0.2, 0.25) is 0 Å². The first-order valence-corrected chi connectivity index (χ1v) is 6.51. The smallest absolute Gasteiger partial charge is 0.222 e. The van der Waals surface area contributed by atoms with Crippen molar-refractivity contribution in [3.63, 3.8) is 0 Å². The third kappa shape index (κ3) is 2.14. The summed E-state index contributed by atoms with van der Waals surface area (Å²) in [6, 6.07) is 0.0865. The highest BCUT2D eigenvalue weighted by Gasteiger charge is 2.34. The zero-order valence-electron chi connectivity index (χ0n) is 11.2. The Bertz CT molecular complexity index is 580. The summed E-state index contributed by atoms with van der Waals surface area (Å²) in [5, 5.41) is 21.2. The van der Waals surface area contributed by atoms with Crippen LogP contribution in [-0.4, -0.2) is 49.3 Å². The van der Waals surface area contributed by atoms with Gasteiger partial charge in [-0.15, -0.1) is 5.10 Å². The number of fused-ring (bicyclic) bond motifs is 1. The number of aliphatic hydroxyl groups excluding tert-OH is 1. The summed E-state index contributed by atoms with van der Waals surface area (Å²) in [4.78, 5) is 6.55. The summed E-state index contributed by atoms with van der Waals surface area (Å²) in [6.45, 7) is 5.43. The van der Waals surface area contributed by atoms with Gasteiger partial charge in [-0.2, -0.15) is 4.52 Å². The fourth-order valence-electron chi connectivity index (χ4n) is 2.69. The van der Waals surface area contributed by atoms with Crippen LogP contribution < -0.4 is 4.90 Å². The summed E-state index contributed by atoms with van der Waals surface area (Å²) in [5.41, 5.74) is 0.840. The zero-order chi connectivity index (χ0) is 13.5. The monoisotopic (exact) mass is 262 g/mol. The van der Waals surface area contributed by atoms with Gasteiger partial charge in [-0.1, -0.05) is 13.8 Å². The molecule has 2 aromatic heterocycles. The van der Waals surface area contributed by atoms with Gasteiger partial charge >= 0.3 is 0 Å². The van der Waals surface area contributed by atoms with Crippen molar-refractivity contribution in [2.24, 2.45) is 5.41 Å². The number of aromatic nitrogens is 5. The second-order valence-electron chi connectivity index (χ2n) is 5.87. The van der Waals surface area contributed by atoms with Gasteiger partial charge in [0.1, 0.15) is 0 Å². The van der Waals surface area contributed by atoms with Gasteiger partial charge < -0.3 is 10.0 Å². The van der Waals surface area contributed by atoms with E-state index in [4.69, 9.17) is 0 Å². The predicted molar refractivity (Wildman–Crippen MR) is 69.8 cm³/mol. The van der Waals surface area contributed by atoms with Gasteiger partial charge in [0, 0.05) is 12.7 Å². The molecular weight excluding hydrogens is 244 g/mol. The van der Waals surface area contributed by atoms with Crippen LogP contribution in [0.5, 0.6) is 0 Å². The molecule has 0 bridgehead atoms. The van der Waals surface area contributed by atoms with Gasteiger partial charge in [-0.25, -0.2) is 4.98 Å². The fourth-order valence-corrected chi connectivity index (χ4v) is 2.69. The maximum absolute atomic E-state index is 9.59. The van der Waals surface area contributed by atoms with Crippen LogP contribution in [-0.2, 0) is 0 Å². The quantitative estimate of drug-likeness (QED) is 0.849. The van der Waals surface area contributed by atoms with E-state index in [1.165, 1.54) is 0 Å². The van der Waals surface area contributed by atoms with Crippen LogP contribution in [0.3, 0.4) is 0 Å². The van der Waals surface area contributed by atoms with Crippen molar-refractivity contribution in [3.8, 4) is 0 Å². The number of rotatable bonds is 2. The average Bonchev–Trinajstić information content (AvgIpc) is 2.85. The Morgan fingerprint density at radius 3 is 3.11 bits per heavy atom. The van der Waals surface area contributed by atoms with Gasteiger partial charge in [-0.05, 0) is 28.7 Å². The van der Waals surface area contributed by atoms with Gasteiger partial charge in [-0.3, -0.25) is 0 Å². The Kier molecular flexibility index (Phi) is 2.85. The molecule has 1 N–H and O–H groups in total. The van der Waals surface area contributed by atoms with Crippen molar-refractivity contribution in [1.82, 2.24) is 25.0 Å². The molecule has 1 fully saturated rings. The van der Waals surface area contributed by atoms with Crippen molar-refractivity contribution in [2.75, 3.05) is 18.1 Å². The Hall–Kier alpha value is -1.76. The molecule has 1 saturated heterocycles. The number of aliphatic hydroxyl groups is 1.